The minimum Gasteiger partial charge on any atom is -0.383 e. The van der Waals surface area contributed by atoms with Gasteiger partial charge in [-0.3, -0.25) is 9.52 Å². The maximum Gasteiger partial charge on any atom is 0.238 e. The Balaban J connectivity index is 2.65. The van der Waals surface area contributed by atoms with Gasteiger partial charge < -0.3 is 15.4 Å². The molecule has 7 nitrogen and oxygen atoms in total. The monoisotopic (exact) mass is 335 g/mol. The van der Waals surface area contributed by atoms with Crippen LogP contribution < -0.4 is 15.4 Å². The molecule has 3 N–H and O–H groups in total. The van der Waals surface area contributed by atoms with E-state index in [2.05, 4.69) is 15.4 Å². The normalized spacial score (nSPS) is 11.2. The first-order valence-electron chi connectivity index (χ1n) is 6.08. The quantitative estimate of drug-likeness (QED) is 0.613. The van der Waals surface area contributed by atoms with Gasteiger partial charge in [-0.2, -0.15) is 0 Å². The number of carbonyl (C=O) groups excluding carboxylic acids is 1. The maximum absolute atomic E-state index is 11.7. The van der Waals surface area contributed by atoms with Crippen molar-refractivity contribution in [1.82, 2.24) is 5.32 Å². The van der Waals surface area contributed by atoms with Crippen molar-refractivity contribution in [2.24, 2.45) is 0 Å². The van der Waals surface area contributed by atoms with Crippen LogP contribution in [0.4, 0.5) is 11.4 Å². The van der Waals surface area contributed by atoms with Crippen molar-refractivity contribution >= 4 is 38.9 Å². The minimum absolute atomic E-state index is 0.101. The molecule has 21 heavy (non-hydrogen) atoms. The maximum atomic E-state index is 11.7. The standard InChI is InChI=1S/C12H18ClN3O4S/c1-20-6-5-14-8-12(17)15-11-7-9(3-4-10(11)13)16-21(2,18)19/h3-4,7,14,16H,5-6,8H2,1-2H3,(H,15,17). The lowest BCUT2D eigenvalue weighted by Gasteiger charge is -2.10. The Kier molecular flexibility index (Phi) is 6.90. The summed E-state index contributed by atoms with van der Waals surface area (Å²) in [5, 5.41) is 5.81. The van der Waals surface area contributed by atoms with E-state index in [1.54, 1.807) is 7.11 Å². The van der Waals surface area contributed by atoms with Crippen LogP contribution in [0.1, 0.15) is 0 Å². The molecule has 0 unspecified atom stereocenters. The van der Waals surface area contributed by atoms with Crippen molar-refractivity contribution in [2.75, 3.05) is 43.1 Å². The predicted molar refractivity (Wildman–Crippen MR) is 83.3 cm³/mol. The Labute approximate surface area is 129 Å². The van der Waals surface area contributed by atoms with Gasteiger partial charge in [0.25, 0.3) is 0 Å². The summed E-state index contributed by atoms with van der Waals surface area (Å²) in [5.74, 6) is -0.287. The second-order valence-electron chi connectivity index (χ2n) is 4.29. The van der Waals surface area contributed by atoms with Crippen LogP contribution >= 0.6 is 11.6 Å². The van der Waals surface area contributed by atoms with Crippen LogP contribution in [0.5, 0.6) is 0 Å². The van der Waals surface area contributed by atoms with Gasteiger partial charge >= 0.3 is 0 Å². The topological polar surface area (TPSA) is 96.5 Å². The van der Waals surface area contributed by atoms with Crippen LogP contribution in [-0.2, 0) is 19.6 Å². The van der Waals surface area contributed by atoms with Gasteiger partial charge in [0.05, 0.1) is 35.8 Å². The van der Waals surface area contributed by atoms with Gasteiger partial charge in [-0.05, 0) is 18.2 Å². The van der Waals surface area contributed by atoms with Gasteiger partial charge in [-0.1, -0.05) is 11.6 Å². The van der Waals surface area contributed by atoms with E-state index in [0.29, 0.717) is 29.5 Å². The van der Waals surface area contributed by atoms with Gasteiger partial charge in [0.2, 0.25) is 15.9 Å². The average molecular weight is 336 g/mol. The number of sulfonamides is 1. The molecule has 1 aromatic rings. The summed E-state index contributed by atoms with van der Waals surface area (Å²) < 4.78 is 29.5. The van der Waals surface area contributed by atoms with E-state index in [-0.39, 0.29) is 12.5 Å². The number of carbonyl (C=O) groups is 1. The van der Waals surface area contributed by atoms with Gasteiger partial charge in [-0.15, -0.1) is 0 Å². The molecule has 0 radical (unpaired) electrons. The number of methoxy groups -OCH3 is 1. The molecule has 1 aromatic carbocycles. The predicted octanol–water partition coefficient (Wildman–Crippen LogP) is 0.886. The third kappa shape index (κ3) is 7.28. The molecule has 0 aliphatic rings. The molecule has 0 fully saturated rings. The molecule has 0 saturated carbocycles. The van der Waals surface area contributed by atoms with E-state index in [4.69, 9.17) is 16.3 Å². The highest BCUT2D eigenvalue weighted by atomic mass is 35.5. The van der Waals surface area contributed by atoms with Crippen LogP contribution in [0.2, 0.25) is 5.02 Å². The summed E-state index contributed by atoms with van der Waals surface area (Å²) >= 11 is 5.96. The van der Waals surface area contributed by atoms with Crippen LogP contribution in [-0.4, -0.2) is 47.4 Å². The molecule has 0 atom stereocenters. The molecule has 9 heteroatoms. The number of ether oxygens (including phenoxy) is 1. The molecule has 1 amide bonds. The molecular weight excluding hydrogens is 318 g/mol. The van der Waals surface area contributed by atoms with Crippen molar-refractivity contribution < 1.29 is 17.9 Å². The van der Waals surface area contributed by atoms with Gasteiger partial charge in [-0.25, -0.2) is 8.42 Å². The summed E-state index contributed by atoms with van der Waals surface area (Å²) in [6.07, 6.45) is 1.04. The average Bonchev–Trinajstić information content (AvgIpc) is 2.37. The Hall–Kier alpha value is -1.35. The number of amides is 1. The Morgan fingerprint density at radius 3 is 2.71 bits per heavy atom. The Bertz CT molecular complexity index is 592. The molecule has 0 heterocycles. The van der Waals surface area contributed by atoms with Crippen molar-refractivity contribution in [3.8, 4) is 0 Å². The fraction of sp³-hybridized carbons (Fsp3) is 0.417. The van der Waals surface area contributed by atoms with Crippen molar-refractivity contribution in [2.45, 2.75) is 0 Å². The van der Waals surface area contributed by atoms with Gasteiger partial charge in [0.1, 0.15) is 0 Å². The first kappa shape index (κ1) is 17.7. The SMILES string of the molecule is COCCNCC(=O)Nc1cc(NS(C)(=O)=O)ccc1Cl. The molecule has 118 valence electrons. The smallest absolute Gasteiger partial charge is 0.238 e. The summed E-state index contributed by atoms with van der Waals surface area (Å²) in [6, 6.07) is 4.47. The molecule has 0 aliphatic heterocycles. The van der Waals surface area contributed by atoms with Crippen LogP contribution in [0.15, 0.2) is 18.2 Å². The van der Waals surface area contributed by atoms with Crippen molar-refractivity contribution in [1.29, 1.82) is 0 Å². The van der Waals surface area contributed by atoms with E-state index in [1.165, 1.54) is 18.2 Å². The number of hydrogen-bond donors (Lipinski definition) is 3. The van der Waals surface area contributed by atoms with Crippen LogP contribution in [0.25, 0.3) is 0 Å². The minimum atomic E-state index is -3.39. The third-order valence-corrected chi connectivity index (χ3v) is 3.25. The molecule has 0 spiro atoms. The molecule has 1 rings (SSSR count). The molecule has 0 bridgehead atoms. The lowest BCUT2D eigenvalue weighted by Crippen LogP contribution is -2.30. The molecular formula is C12H18ClN3O4S. The summed E-state index contributed by atoms with van der Waals surface area (Å²) in [6.45, 7) is 1.15. The molecule has 0 aromatic heterocycles. The first-order chi connectivity index (χ1) is 9.81. The fourth-order valence-electron chi connectivity index (χ4n) is 1.47. The zero-order valence-corrected chi connectivity index (χ0v) is 13.3. The highest BCUT2D eigenvalue weighted by molar-refractivity contribution is 7.92. The van der Waals surface area contributed by atoms with E-state index < -0.39 is 10.0 Å². The largest absolute Gasteiger partial charge is 0.383 e. The number of nitrogens with one attached hydrogen (secondary N) is 3. The van der Waals surface area contributed by atoms with Crippen molar-refractivity contribution in [3.63, 3.8) is 0 Å². The van der Waals surface area contributed by atoms with Gasteiger partial charge in [0.15, 0.2) is 0 Å². The zero-order chi connectivity index (χ0) is 15.9. The highest BCUT2D eigenvalue weighted by Gasteiger charge is 2.08. The molecule has 0 saturated heterocycles. The number of halogens is 1. The fourth-order valence-corrected chi connectivity index (χ4v) is 2.19. The highest BCUT2D eigenvalue weighted by Crippen LogP contribution is 2.25. The number of rotatable bonds is 8. The van der Waals surface area contributed by atoms with E-state index in [1.807, 2.05) is 0 Å². The van der Waals surface area contributed by atoms with Crippen LogP contribution in [0, 0.1) is 0 Å². The van der Waals surface area contributed by atoms with Gasteiger partial charge in [0, 0.05) is 13.7 Å². The zero-order valence-electron chi connectivity index (χ0n) is 11.8. The van der Waals surface area contributed by atoms with E-state index in [9.17, 15) is 13.2 Å². The number of anilines is 2. The van der Waals surface area contributed by atoms with Crippen LogP contribution in [0.3, 0.4) is 0 Å². The third-order valence-electron chi connectivity index (χ3n) is 2.31. The Morgan fingerprint density at radius 2 is 2.10 bits per heavy atom. The summed E-state index contributed by atoms with van der Waals surface area (Å²) in [5.41, 5.74) is 0.661. The second-order valence-corrected chi connectivity index (χ2v) is 6.44. The van der Waals surface area contributed by atoms with E-state index >= 15 is 0 Å². The second kappa shape index (κ2) is 8.18. The summed E-state index contributed by atoms with van der Waals surface area (Å²) in [7, 11) is -1.82. The van der Waals surface area contributed by atoms with E-state index in [0.717, 1.165) is 6.26 Å². The Morgan fingerprint density at radius 1 is 1.38 bits per heavy atom. The number of benzene rings is 1. The lowest BCUT2D eigenvalue weighted by molar-refractivity contribution is -0.115. The lowest BCUT2D eigenvalue weighted by atomic mass is 10.3. The number of hydrogen-bond acceptors (Lipinski definition) is 5. The first-order valence-corrected chi connectivity index (χ1v) is 8.35. The van der Waals surface area contributed by atoms with Crippen molar-refractivity contribution in [3.05, 3.63) is 23.2 Å². The summed E-state index contributed by atoms with van der Waals surface area (Å²) in [4.78, 5) is 11.7. The molecule has 0 aliphatic carbocycles.